The van der Waals surface area contributed by atoms with Gasteiger partial charge in [0, 0.05) is 26.2 Å². The van der Waals surface area contributed by atoms with E-state index in [0.29, 0.717) is 12.0 Å². The molecule has 1 fully saturated rings. The van der Waals surface area contributed by atoms with Gasteiger partial charge in [0.15, 0.2) is 11.6 Å². The number of nitrogens with one attached hydrogen (secondary N) is 1. The van der Waals surface area contributed by atoms with Crippen LogP contribution in [0.1, 0.15) is 6.92 Å². The highest BCUT2D eigenvalue weighted by Gasteiger charge is 2.33. The lowest BCUT2D eigenvalue weighted by Gasteiger charge is -2.23. The van der Waals surface area contributed by atoms with Gasteiger partial charge in [-0.1, -0.05) is 6.92 Å². The molecule has 106 valence electrons. The Morgan fingerprint density at radius 2 is 2.11 bits per heavy atom. The van der Waals surface area contributed by atoms with E-state index in [1.165, 1.54) is 0 Å². The maximum atomic E-state index is 5.47. The fourth-order valence-electron chi connectivity index (χ4n) is 2.75. The van der Waals surface area contributed by atoms with Crippen LogP contribution in [-0.4, -0.2) is 62.3 Å². The van der Waals surface area contributed by atoms with E-state index in [2.05, 4.69) is 46.1 Å². The molecule has 1 aliphatic heterocycles. The van der Waals surface area contributed by atoms with E-state index in [9.17, 15) is 0 Å². The van der Waals surface area contributed by atoms with Gasteiger partial charge in [0.25, 0.3) is 0 Å². The number of hydrogen-bond acceptors (Lipinski definition) is 6. The smallest absolute Gasteiger partial charge is 0.204 e. The lowest BCUT2D eigenvalue weighted by atomic mass is 10.1. The quantitative estimate of drug-likeness (QED) is 0.873. The molecule has 0 saturated carbocycles. The van der Waals surface area contributed by atoms with Crippen LogP contribution in [-0.2, 0) is 0 Å². The first-order valence-corrected chi connectivity index (χ1v) is 6.56. The van der Waals surface area contributed by atoms with Crippen molar-refractivity contribution in [3.63, 3.8) is 0 Å². The Hall–Kier alpha value is -1.56. The Morgan fingerprint density at radius 1 is 1.37 bits per heavy atom. The average Bonchev–Trinajstić information content (AvgIpc) is 2.79. The van der Waals surface area contributed by atoms with Crippen LogP contribution in [0.5, 0.6) is 5.75 Å². The maximum absolute atomic E-state index is 5.47. The van der Waals surface area contributed by atoms with Gasteiger partial charge in [-0.05, 0) is 20.0 Å². The van der Waals surface area contributed by atoms with Crippen molar-refractivity contribution in [3.8, 4) is 5.75 Å². The molecular weight excluding hydrogens is 242 g/mol. The highest BCUT2D eigenvalue weighted by Crippen LogP contribution is 2.35. The molecule has 2 rings (SSSR count). The van der Waals surface area contributed by atoms with Gasteiger partial charge in [-0.25, -0.2) is 9.97 Å². The summed E-state index contributed by atoms with van der Waals surface area (Å²) in [4.78, 5) is 13.1. The topological polar surface area (TPSA) is 53.5 Å². The van der Waals surface area contributed by atoms with Crippen molar-refractivity contribution in [1.82, 2.24) is 14.9 Å². The zero-order valence-corrected chi connectivity index (χ0v) is 12.3. The molecule has 1 N–H and O–H groups in total. The number of hydrogen-bond donors (Lipinski definition) is 1. The Balaban J connectivity index is 2.28. The summed E-state index contributed by atoms with van der Waals surface area (Å²) in [6.07, 6.45) is 1.58. The van der Waals surface area contributed by atoms with Crippen LogP contribution in [0.3, 0.4) is 0 Å². The second kappa shape index (κ2) is 5.61. The molecule has 2 atom stereocenters. The fourth-order valence-corrected chi connectivity index (χ4v) is 2.75. The van der Waals surface area contributed by atoms with Crippen molar-refractivity contribution in [1.29, 1.82) is 0 Å². The summed E-state index contributed by atoms with van der Waals surface area (Å²) < 4.78 is 5.47. The molecule has 2 unspecified atom stereocenters. The third kappa shape index (κ3) is 2.58. The minimum Gasteiger partial charge on any atom is -0.490 e. The molecule has 6 heteroatoms. The van der Waals surface area contributed by atoms with E-state index in [-0.39, 0.29) is 0 Å². The molecule has 1 aliphatic rings. The molecule has 1 saturated heterocycles. The van der Waals surface area contributed by atoms with Crippen molar-refractivity contribution in [3.05, 3.63) is 6.33 Å². The first kappa shape index (κ1) is 13.9. The Kier molecular flexibility index (Phi) is 4.09. The van der Waals surface area contributed by atoms with Crippen LogP contribution in [0, 0.1) is 5.92 Å². The van der Waals surface area contributed by atoms with E-state index >= 15 is 0 Å². The maximum Gasteiger partial charge on any atom is 0.204 e. The normalized spacial score (nSPS) is 22.9. The first-order chi connectivity index (χ1) is 9.08. The number of anilines is 2. The highest BCUT2D eigenvalue weighted by atomic mass is 16.5. The van der Waals surface area contributed by atoms with E-state index < -0.39 is 0 Å². The zero-order chi connectivity index (χ0) is 14.0. The minimum atomic E-state index is 0.540. The van der Waals surface area contributed by atoms with Gasteiger partial charge in [0.1, 0.15) is 6.33 Å². The van der Waals surface area contributed by atoms with Gasteiger partial charge >= 0.3 is 0 Å². The molecular formula is C13H23N5O. The number of methoxy groups -OCH3 is 1. The number of nitrogens with zero attached hydrogens (tertiary/aromatic N) is 4. The number of ether oxygens (including phenoxy) is 1. The summed E-state index contributed by atoms with van der Waals surface area (Å²) in [6, 6.07) is 0.540. The molecule has 0 aliphatic carbocycles. The molecule has 19 heavy (non-hydrogen) atoms. The third-order valence-electron chi connectivity index (χ3n) is 3.76. The van der Waals surface area contributed by atoms with Crippen molar-refractivity contribution in [2.45, 2.75) is 13.0 Å². The lowest BCUT2D eigenvalue weighted by Crippen LogP contribution is -2.34. The van der Waals surface area contributed by atoms with Crippen LogP contribution < -0.4 is 15.0 Å². The van der Waals surface area contributed by atoms with Crippen LogP contribution >= 0.6 is 0 Å². The monoisotopic (exact) mass is 265 g/mol. The van der Waals surface area contributed by atoms with Crippen molar-refractivity contribution < 1.29 is 4.74 Å². The van der Waals surface area contributed by atoms with Crippen molar-refractivity contribution in [2.75, 3.05) is 51.6 Å². The fraction of sp³-hybridized carbons (Fsp3) is 0.692. The molecule has 1 aromatic heterocycles. The average molecular weight is 265 g/mol. The van der Waals surface area contributed by atoms with Gasteiger partial charge in [-0.15, -0.1) is 0 Å². The van der Waals surface area contributed by atoms with E-state index in [0.717, 1.165) is 30.5 Å². The lowest BCUT2D eigenvalue weighted by molar-refractivity contribution is 0.266. The molecule has 0 aromatic carbocycles. The number of rotatable bonds is 4. The molecule has 0 radical (unpaired) electrons. The van der Waals surface area contributed by atoms with Crippen LogP contribution in [0.25, 0.3) is 0 Å². The molecule has 0 spiro atoms. The summed E-state index contributed by atoms with van der Waals surface area (Å²) in [5.41, 5.74) is 0. The van der Waals surface area contributed by atoms with Crippen molar-refractivity contribution >= 4 is 11.6 Å². The standard InChI is InChI=1S/C13H23N5O/c1-9-6-18(7-10(9)17(3)4)13-11(19-5)12(14-2)15-8-16-13/h8-10H,6-7H2,1-5H3,(H,14,15,16). The summed E-state index contributed by atoms with van der Waals surface area (Å²) in [7, 11) is 7.75. The summed E-state index contributed by atoms with van der Waals surface area (Å²) >= 11 is 0. The predicted octanol–water partition coefficient (Wildman–Crippen LogP) is 0.913. The molecule has 2 heterocycles. The van der Waals surface area contributed by atoms with Crippen LogP contribution in [0.15, 0.2) is 6.33 Å². The number of aromatic nitrogens is 2. The summed E-state index contributed by atoms with van der Waals surface area (Å²) in [5, 5.41) is 3.04. The first-order valence-electron chi connectivity index (χ1n) is 6.56. The highest BCUT2D eigenvalue weighted by molar-refractivity contribution is 5.65. The van der Waals surface area contributed by atoms with Gasteiger partial charge in [0.05, 0.1) is 7.11 Å². The van der Waals surface area contributed by atoms with Gasteiger partial charge in [-0.3, -0.25) is 0 Å². The molecule has 6 nitrogen and oxygen atoms in total. The second-order valence-electron chi connectivity index (χ2n) is 5.24. The van der Waals surface area contributed by atoms with Gasteiger partial charge < -0.3 is 19.9 Å². The largest absolute Gasteiger partial charge is 0.490 e. The van der Waals surface area contributed by atoms with E-state index in [1.807, 2.05) is 7.05 Å². The molecule has 0 bridgehead atoms. The summed E-state index contributed by atoms with van der Waals surface area (Å²) in [6.45, 7) is 4.22. The minimum absolute atomic E-state index is 0.540. The summed E-state index contributed by atoms with van der Waals surface area (Å²) in [5.74, 6) is 2.93. The van der Waals surface area contributed by atoms with Crippen LogP contribution in [0.2, 0.25) is 0 Å². The Bertz CT molecular complexity index is 437. The number of likely N-dealkylation sites (N-methyl/N-ethyl adjacent to an activating group) is 1. The molecule has 0 amide bonds. The zero-order valence-electron chi connectivity index (χ0n) is 12.3. The molecule has 1 aromatic rings. The predicted molar refractivity (Wildman–Crippen MR) is 77.0 cm³/mol. The van der Waals surface area contributed by atoms with Gasteiger partial charge in [0.2, 0.25) is 5.75 Å². The SMILES string of the molecule is CNc1ncnc(N2CC(C)C(N(C)C)C2)c1OC. The van der Waals surface area contributed by atoms with Crippen molar-refractivity contribution in [2.24, 2.45) is 5.92 Å². The third-order valence-corrected chi connectivity index (χ3v) is 3.76. The Labute approximate surface area is 114 Å². The van der Waals surface area contributed by atoms with Gasteiger partial charge in [-0.2, -0.15) is 0 Å². The van der Waals surface area contributed by atoms with E-state index in [4.69, 9.17) is 4.74 Å². The van der Waals surface area contributed by atoms with E-state index in [1.54, 1.807) is 13.4 Å². The van der Waals surface area contributed by atoms with Crippen LogP contribution in [0.4, 0.5) is 11.6 Å². The second-order valence-corrected chi connectivity index (χ2v) is 5.24. The Morgan fingerprint density at radius 3 is 2.63 bits per heavy atom.